The van der Waals surface area contributed by atoms with E-state index in [4.69, 9.17) is 5.11 Å². The van der Waals surface area contributed by atoms with E-state index in [0.717, 1.165) is 9.35 Å². The Labute approximate surface area is 121 Å². The van der Waals surface area contributed by atoms with Crippen molar-refractivity contribution in [1.82, 2.24) is 10.2 Å². The zero-order valence-electron chi connectivity index (χ0n) is 9.26. The Hall–Kier alpha value is -0.730. The van der Waals surface area contributed by atoms with Gasteiger partial charge >= 0.3 is 12.0 Å². The summed E-state index contributed by atoms with van der Waals surface area (Å²) in [6.45, 7) is 0.419. The molecule has 1 saturated heterocycles. The van der Waals surface area contributed by atoms with E-state index >= 15 is 0 Å². The second-order valence-electron chi connectivity index (χ2n) is 3.71. The summed E-state index contributed by atoms with van der Waals surface area (Å²) < 4.78 is 0.983. The standard InChI is InChI=1S/C10H11BrN2O3S2/c11-6-1-7(18-3-6)2-12-10(16)13-5-17-4-8(13)9(14)15/h1,3,8H,2,4-5H2,(H,12,16)(H,14,15)/t8-/m0/s1. The van der Waals surface area contributed by atoms with Crippen LogP contribution in [0.2, 0.25) is 0 Å². The number of amides is 2. The SMILES string of the molecule is O=C(O)[C@@H]1CSCN1C(=O)NCc1cc(Br)cs1. The quantitative estimate of drug-likeness (QED) is 0.876. The molecule has 2 N–H and O–H groups in total. The Morgan fingerprint density at radius 2 is 2.39 bits per heavy atom. The lowest BCUT2D eigenvalue weighted by Gasteiger charge is -2.20. The van der Waals surface area contributed by atoms with Crippen LogP contribution in [0.1, 0.15) is 4.88 Å². The lowest BCUT2D eigenvalue weighted by molar-refractivity contribution is -0.140. The molecule has 18 heavy (non-hydrogen) atoms. The predicted molar refractivity (Wildman–Crippen MR) is 74.8 cm³/mol. The first-order valence-corrected chi connectivity index (χ1v) is 7.98. The zero-order valence-corrected chi connectivity index (χ0v) is 12.5. The molecule has 0 unspecified atom stereocenters. The lowest BCUT2D eigenvalue weighted by Crippen LogP contribution is -2.46. The highest BCUT2D eigenvalue weighted by Gasteiger charge is 2.34. The molecule has 1 aliphatic rings. The van der Waals surface area contributed by atoms with E-state index in [2.05, 4.69) is 21.2 Å². The maximum Gasteiger partial charge on any atom is 0.327 e. The molecule has 1 aliphatic heterocycles. The number of halogens is 1. The molecule has 0 radical (unpaired) electrons. The number of aliphatic carboxylic acids is 1. The highest BCUT2D eigenvalue weighted by molar-refractivity contribution is 9.10. The summed E-state index contributed by atoms with van der Waals surface area (Å²) in [6, 6.07) is 0.889. The van der Waals surface area contributed by atoms with Gasteiger partial charge in [0, 0.05) is 20.5 Å². The minimum absolute atomic E-state index is 0.322. The van der Waals surface area contributed by atoms with Gasteiger partial charge in [-0.2, -0.15) is 0 Å². The number of hydrogen-bond donors (Lipinski definition) is 2. The summed E-state index contributed by atoms with van der Waals surface area (Å²) in [5.74, 6) is -0.0708. The van der Waals surface area contributed by atoms with Crippen molar-refractivity contribution in [3.63, 3.8) is 0 Å². The fourth-order valence-corrected chi connectivity index (χ4v) is 4.09. The van der Waals surface area contributed by atoms with Crippen LogP contribution in [0.3, 0.4) is 0 Å². The lowest BCUT2D eigenvalue weighted by atomic mass is 10.3. The van der Waals surface area contributed by atoms with Crippen LogP contribution in [0.15, 0.2) is 15.9 Å². The molecule has 8 heteroatoms. The van der Waals surface area contributed by atoms with Crippen LogP contribution < -0.4 is 5.32 Å². The van der Waals surface area contributed by atoms with Crippen LogP contribution in [0.25, 0.3) is 0 Å². The first-order valence-electron chi connectivity index (χ1n) is 5.16. The summed E-state index contributed by atoms with van der Waals surface area (Å²) in [4.78, 5) is 25.2. The molecule has 1 aromatic rings. The van der Waals surface area contributed by atoms with E-state index in [0.29, 0.717) is 18.2 Å². The summed E-state index contributed by atoms with van der Waals surface area (Å²) in [7, 11) is 0. The van der Waals surface area contributed by atoms with Crippen molar-refractivity contribution in [2.75, 3.05) is 11.6 Å². The third-order valence-electron chi connectivity index (χ3n) is 2.46. The number of nitrogens with one attached hydrogen (secondary N) is 1. The molecule has 5 nitrogen and oxygen atoms in total. The molecular weight excluding hydrogens is 340 g/mol. The van der Waals surface area contributed by atoms with Crippen molar-refractivity contribution < 1.29 is 14.7 Å². The number of carbonyl (C=O) groups excluding carboxylic acids is 1. The minimum Gasteiger partial charge on any atom is -0.480 e. The van der Waals surface area contributed by atoms with Gasteiger partial charge in [0.15, 0.2) is 0 Å². The van der Waals surface area contributed by atoms with Crippen LogP contribution in [0.5, 0.6) is 0 Å². The number of thioether (sulfide) groups is 1. The Balaban J connectivity index is 1.89. The molecule has 2 heterocycles. The van der Waals surface area contributed by atoms with Crippen molar-refractivity contribution in [2.45, 2.75) is 12.6 Å². The minimum atomic E-state index is -0.950. The van der Waals surface area contributed by atoms with Gasteiger partial charge in [-0.15, -0.1) is 23.1 Å². The largest absolute Gasteiger partial charge is 0.480 e. The number of carboxylic acids is 1. The van der Waals surface area contributed by atoms with E-state index in [9.17, 15) is 9.59 Å². The molecule has 0 bridgehead atoms. The van der Waals surface area contributed by atoms with Crippen molar-refractivity contribution in [2.24, 2.45) is 0 Å². The van der Waals surface area contributed by atoms with Crippen LogP contribution in [-0.2, 0) is 11.3 Å². The number of carboxylic acid groups (broad SMARTS) is 1. The molecule has 1 atom stereocenters. The van der Waals surface area contributed by atoms with Gasteiger partial charge in [0.25, 0.3) is 0 Å². The number of urea groups is 1. The van der Waals surface area contributed by atoms with E-state index in [-0.39, 0.29) is 6.03 Å². The van der Waals surface area contributed by atoms with Gasteiger partial charge < -0.3 is 15.3 Å². The van der Waals surface area contributed by atoms with Crippen LogP contribution in [0, 0.1) is 0 Å². The highest BCUT2D eigenvalue weighted by Crippen LogP contribution is 2.22. The van der Waals surface area contributed by atoms with Crippen LogP contribution in [0.4, 0.5) is 4.79 Å². The summed E-state index contributed by atoms with van der Waals surface area (Å²) >= 11 is 6.33. The van der Waals surface area contributed by atoms with Crippen molar-refractivity contribution in [1.29, 1.82) is 0 Å². The van der Waals surface area contributed by atoms with Crippen molar-refractivity contribution in [3.05, 3.63) is 20.8 Å². The van der Waals surface area contributed by atoms with Crippen molar-refractivity contribution >= 4 is 51.0 Å². The Bertz CT molecular complexity index is 466. The summed E-state index contributed by atoms with van der Waals surface area (Å²) in [5, 5.41) is 13.7. The summed E-state index contributed by atoms with van der Waals surface area (Å²) in [5.41, 5.74) is 0. The van der Waals surface area contributed by atoms with E-state index in [1.807, 2.05) is 11.4 Å². The maximum atomic E-state index is 11.9. The molecule has 0 saturated carbocycles. The Morgan fingerprint density at radius 1 is 1.61 bits per heavy atom. The van der Waals surface area contributed by atoms with Gasteiger partial charge in [0.05, 0.1) is 12.4 Å². The summed E-state index contributed by atoms with van der Waals surface area (Å²) in [6.07, 6.45) is 0. The second kappa shape index (κ2) is 5.94. The number of carbonyl (C=O) groups is 2. The topological polar surface area (TPSA) is 69.6 Å². The molecule has 0 aromatic carbocycles. The number of hydrogen-bond acceptors (Lipinski definition) is 4. The average Bonchev–Trinajstić information content (AvgIpc) is 2.94. The molecule has 2 rings (SSSR count). The Morgan fingerprint density at radius 3 is 3.00 bits per heavy atom. The van der Waals surface area contributed by atoms with E-state index in [1.54, 1.807) is 0 Å². The fourth-order valence-electron chi connectivity index (χ4n) is 1.56. The first-order chi connectivity index (χ1) is 8.58. The molecule has 2 amide bonds. The van der Waals surface area contributed by atoms with Gasteiger partial charge in [-0.05, 0) is 22.0 Å². The normalized spacial score (nSPS) is 18.9. The monoisotopic (exact) mass is 350 g/mol. The fraction of sp³-hybridized carbons (Fsp3) is 0.400. The van der Waals surface area contributed by atoms with Gasteiger partial charge in [0.1, 0.15) is 6.04 Å². The maximum absolute atomic E-state index is 11.9. The number of rotatable bonds is 3. The van der Waals surface area contributed by atoms with E-state index < -0.39 is 12.0 Å². The third-order valence-corrected chi connectivity index (χ3v) is 5.17. The first kappa shape index (κ1) is 13.7. The van der Waals surface area contributed by atoms with E-state index in [1.165, 1.54) is 28.0 Å². The third kappa shape index (κ3) is 3.18. The zero-order chi connectivity index (χ0) is 13.1. The average molecular weight is 351 g/mol. The van der Waals surface area contributed by atoms with Gasteiger partial charge in [0.2, 0.25) is 0 Å². The number of thiophene rings is 1. The smallest absolute Gasteiger partial charge is 0.327 e. The molecule has 0 spiro atoms. The second-order valence-corrected chi connectivity index (χ2v) is 6.62. The Kier molecular flexibility index (Phi) is 4.52. The predicted octanol–water partition coefficient (Wildman–Crippen LogP) is 2.18. The van der Waals surface area contributed by atoms with Gasteiger partial charge in [-0.3, -0.25) is 0 Å². The van der Waals surface area contributed by atoms with Crippen LogP contribution >= 0.6 is 39.0 Å². The van der Waals surface area contributed by atoms with Gasteiger partial charge in [-0.25, -0.2) is 9.59 Å². The number of nitrogens with zero attached hydrogens (tertiary/aromatic N) is 1. The van der Waals surface area contributed by atoms with Crippen molar-refractivity contribution in [3.8, 4) is 0 Å². The molecule has 98 valence electrons. The van der Waals surface area contributed by atoms with Crippen LogP contribution in [-0.4, -0.2) is 39.7 Å². The molecule has 1 aromatic heterocycles. The molecule has 1 fully saturated rings. The highest BCUT2D eigenvalue weighted by atomic mass is 79.9. The molecule has 0 aliphatic carbocycles. The van der Waals surface area contributed by atoms with Gasteiger partial charge in [-0.1, -0.05) is 0 Å². The molecular formula is C10H11BrN2O3S2.